The molecule has 0 aliphatic carbocycles. The lowest BCUT2D eigenvalue weighted by atomic mass is 9.98. The van der Waals surface area contributed by atoms with E-state index in [1.807, 2.05) is 19.9 Å². The van der Waals surface area contributed by atoms with Crippen LogP contribution in [0.25, 0.3) is 10.8 Å². The highest BCUT2D eigenvalue weighted by Crippen LogP contribution is 2.30. The highest BCUT2D eigenvalue weighted by molar-refractivity contribution is 5.85. The van der Waals surface area contributed by atoms with Crippen LogP contribution in [-0.4, -0.2) is 5.11 Å². The minimum Gasteiger partial charge on any atom is -0.508 e. The van der Waals surface area contributed by atoms with E-state index in [1.54, 1.807) is 12.1 Å². The lowest BCUT2D eigenvalue weighted by Crippen LogP contribution is -1.88. The van der Waals surface area contributed by atoms with Gasteiger partial charge >= 0.3 is 0 Å². The van der Waals surface area contributed by atoms with Gasteiger partial charge in [-0.2, -0.15) is 0 Å². The van der Waals surface area contributed by atoms with Gasteiger partial charge in [-0.3, -0.25) is 0 Å². The van der Waals surface area contributed by atoms with Crippen molar-refractivity contribution in [3.05, 3.63) is 41.7 Å². The van der Waals surface area contributed by atoms with Crippen molar-refractivity contribution in [3.63, 3.8) is 0 Å². The molecule has 0 atom stereocenters. The summed E-state index contributed by atoms with van der Waals surface area (Å²) < 4.78 is 12.9. The van der Waals surface area contributed by atoms with Crippen molar-refractivity contribution in [2.24, 2.45) is 0 Å². The molecule has 0 saturated carbocycles. The van der Waals surface area contributed by atoms with Crippen molar-refractivity contribution in [3.8, 4) is 5.75 Å². The van der Waals surface area contributed by atoms with Crippen LogP contribution in [0.1, 0.15) is 25.3 Å². The summed E-state index contributed by atoms with van der Waals surface area (Å²) in [4.78, 5) is 0. The number of aromatic hydroxyl groups is 1. The predicted molar refractivity (Wildman–Crippen MR) is 59.7 cm³/mol. The first-order valence-electron chi connectivity index (χ1n) is 5.00. The molecule has 0 fully saturated rings. The van der Waals surface area contributed by atoms with Crippen molar-refractivity contribution in [2.45, 2.75) is 19.8 Å². The molecule has 1 N–H and O–H groups in total. The summed E-state index contributed by atoms with van der Waals surface area (Å²) in [6, 6.07) is 8.13. The zero-order valence-electron chi connectivity index (χ0n) is 8.79. The molecule has 0 aliphatic rings. The topological polar surface area (TPSA) is 20.2 Å². The van der Waals surface area contributed by atoms with Gasteiger partial charge < -0.3 is 5.11 Å². The summed E-state index contributed by atoms with van der Waals surface area (Å²) in [5.74, 6) is 0.224. The van der Waals surface area contributed by atoms with Gasteiger partial charge in [0.1, 0.15) is 11.6 Å². The second-order valence-corrected chi connectivity index (χ2v) is 4.06. The molecule has 0 radical (unpaired) electrons. The highest BCUT2D eigenvalue weighted by atomic mass is 19.1. The summed E-state index contributed by atoms with van der Waals surface area (Å²) >= 11 is 0. The van der Waals surface area contributed by atoms with Crippen LogP contribution < -0.4 is 0 Å². The summed E-state index contributed by atoms with van der Waals surface area (Å²) in [5.41, 5.74) is 0.897. The van der Waals surface area contributed by atoms with Crippen LogP contribution in [0.15, 0.2) is 30.3 Å². The van der Waals surface area contributed by atoms with E-state index in [-0.39, 0.29) is 17.5 Å². The smallest absolute Gasteiger partial charge is 0.123 e. The number of hydrogen-bond acceptors (Lipinski definition) is 1. The minimum absolute atomic E-state index is 0.239. The van der Waals surface area contributed by atoms with Crippen LogP contribution >= 0.6 is 0 Å². The van der Waals surface area contributed by atoms with E-state index in [1.165, 1.54) is 12.1 Å². The Morgan fingerprint density at radius 2 is 1.80 bits per heavy atom. The molecule has 0 aromatic heterocycles. The molecular weight excluding hydrogens is 191 g/mol. The zero-order valence-corrected chi connectivity index (χ0v) is 8.79. The van der Waals surface area contributed by atoms with Gasteiger partial charge in [-0.05, 0) is 46.5 Å². The molecule has 2 aromatic carbocycles. The highest BCUT2D eigenvalue weighted by Gasteiger charge is 2.07. The van der Waals surface area contributed by atoms with Crippen LogP contribution in [0.4, 0.5) is 4.39 Å². The maximum Gasteiger partial charge on any atom is 0.123 e. The van der Waals surface area contributed by atoms with Gasteiger partial charge in [-0.1, -0.05) is 19.9 Å². The summed E-state index contributed by atoms with van der Waals surface area (Å²) in [5, 5.41) is 11.4. The van der Waals surface area contributed by atoms with Gasteiger partial charge in [0.15, 0.2) is 0 Å². The van der Waals surface area contributed by atoms with Gasteiger partial charge in [0.2, 0.25) is 0 Å². The van der Waals surface area contributed by atoms with Crippen molar-refractivity contribution < 1.29 is 9.50 Å². The molecule has 0 spiro atoms. The molecule has 78 valence electrons. The third-order valence-corrected chi connectivity index (χ3v) is 2.57. The monoisotopic (exact) mass is 204 g/mol. The van der Waals surface area contributed by atoms with Crippen LogP contribution in [0, 0.1) is 5.82 Å². The maximum atomic E-state index is 12.9. The second-order valence-electron chi connectivity index (χ2n) is 4.06. The lowest BCUT2D eigenvalue weighted by Gasteiger charge is -2.09. The third kappa shape index (κ3) is 1.80. The number of phenolic OH excluding ortho intramolecular Hbond substituents is 1. The second kappa shape index (κ2) is 3.54. The van der Waals surface area contributed by atoms with Crippen molar-refractivity contribution in [1.29, 1.82) is 0 Å². The van der Waals surface area contributed by atoms with Crippen LogP contribution in [0.2, 0.25) is 0 Å². The van der Waals surface area contributed by atoms with Crippen LogP contribution in [0.5, 0.6) is 5.75 Å². The van der Waals surface area contributed by atoms with E-state index >= 15 is 0 Å². The van der Waals surface area contributed by atoms with Gasteiger partial charge in [-0.25, -0.2) is 4.39 Å². The predicted octanol–water partition coefficient (Wildman–Crippen LogP) is 3.81. The standard InChI is InChI=1S/C13H13FO/c1-8(2)12-6-9-3-4-11(14)5-10(9)7-13(12)15/h3-8,15H,1-2H3. The fourth-order valence-corrected chi connectivity index (χ4v) is 1.74. The third-order valence-electron chi connectivity index (χ3n) is 2.57. The Kier molecular flexibility index (Phi) is 2.35. The normalized spacial score (nSPS) is 11.2. The molecule has 2 rings (SSSR count). The van der Waals surface area contributed by atoms with Crippen LogP contribution in [-0.2, 0) is 0 Å². The molecule has 0 aliphatic heterocycles. The fraction of sp³-hybridized carbons (Fsp3) is 0.231. The lowest BCUT2D eigenvalue weighted by molar-refractivity contribution is 0.466. The first-order valence-corrected chi connectivity index (χ1v) is 5.00. The fourth-order valence-electron chi connectivity index (χ4n) is 1.74. The number of benzene rings is 2. The molecule has 15 heavy (non-hydrogen) atoms. The number of halogens is 1. The Morgan fingerprint density at radius 3 is 2.47 bits per heavy atom. The SMILES string of the molecule is CC(C)c1cc2ccc(F)cc2cc1O. The van der Waals surface area contributed by atoms with E-state index in [4.69, 9.17) is 0 Å². The Balaban J connectivity index is 2.71. The van der Waals surface area contributed by atoms with Gasteiger partial charge in [0.05, 0.1) is 0 Å². The molecule has 2 aromatic rings. The Labute approximate surface area is 88.2 Å². The zero-order chi connectivity index (χ0) is 11.0. The van der Waals surface area contributed by atoms with E-state index in [0.717, 1.165) is 16.3 Å². The summed E-state index contributed by atoms with van der Waals surface area (Å²) in [6.45, 7) is 4.04. The molecule has 0 bridgehead atoms. The number of hydrogen-bond donors (Lipinski definition) is 1. The van der Waals surface area contributed by atoms with E-state index < -0.39 is 0 Å². The first kappa shape index (κ1) is 9.97. The van der Waals surface area contributed by atoms with E-state index in [0.29, 0.717) is 0 Å². The molecule has 0 amide bonds. The van der Waals surface area contributed by atoms with Gasteiger partial charge in [0, 0.05) is 0 Å². The largest absolute Gasteiger partial charge is 0.508 e. The molecule has 0 saturated heterocycles. The Hall–Kier alpha value is -1.57. The molecule has 0 heterocycles. The molecule has 0 unspecified atom stereocenters. The Bertz CT molecular complexity index is 503. The first-order chi connectivity index (χ1) is 7.08. The average Bonchev–Trinajstić information content (AvgIpc) is 2.15. The maximum absolute atomic E-state index is 12.9. The summed E-state index contributed by atoms with van der Waals surface area (Å²) in [6.07, 6.45) is 0. The van der Waals surface area contributed by atoms with E-state index in [2.05, 4.69) is 0 Å². The van der Waals surface area contributed by atoms with E-state index in [9.17, 15) is 9.50 Å². The number of phenols is 1. The molecule has 2 heteroatoms. The van der Waals surface area contributed by atoms with Crippen molar-refractivity contribution in [1.82, 2.24) is 0 Å². The molecule has 1 nitrogen and oxygen atoms in total. The quantitative estimate of drug-likeness (QED) is 0.748. The van der Waals surface area contributed by atoms with Gasteiger partial charge in [-0.15, -0.1) is 0 Å². The Morgan fingerprint density at radius 1 is 1.07 bits per heavy atom. The van der Waals surface area contributed by atoms with Crippen molar-refractivity contribution >= 4 is 10.8 Å². The van der Waals surface area contributed by atoms with Crippen molar-refractivity contribution in [2.75, 3.05) is 0 Å². The number of rotatable bonds is 1. The average molecular weight is 204 g/mol. The minimum atomic E-state index is -0.279. The van der Waals surface area contributed by atoms with Gasteiger partial charge in [0.25, 0.3) is 0 Å². The summed E-state index contributed by atoms with van der Waals surface area (Å²) in [7, 11) is 0. The molecular formula is C13H13FO. The number of fused-ring (bicyclic) bond motifs is 1. The van der Waals surface area contributed by atoms with Crippen LogP contribution in [0.3, 0.4) is 0 Å².